The standard InChI is InChI=1S/C24H42S/c1-17(7-6-16-25)20-11-12-21-19-10-9-18-8-4-5-14-23(18,2)22(19)13-15-24(20,21)3/h17-22,25H,4-16H2,1-3H3/t17-,18?,19+,20-,21+,22+,23+,24-/m1/s1. The van der Waals surface area contributed by atoms with Crippen LogP contribution in [0.3, 0.4) is 0 Å². The topological polar surface area (TPSA) is 0 Å². The van der Waals surface area contributed by atoms with Crippen LogP contribution in [0.1, 0.15) is 97.8 Å². The van der Waals surface area contributed by atoms with Crippen molar-refractivity contribution in [2.75, 3.05) is 5.75 Å². The largest absolute Gasteiger partial charge is 0.179 e. The van der Waals surface area contributed by atoms with E-state index >= 15 is 0 Å². The molecule has 0 N–H and O–H groups in total. The van der Waals surface area contributed by atoms with E-state index in [0.29, 0.717) is 10.8 Å². The van der Waals surface area contributed by atoms with Crippen LogP contribution in [0.4, 0.5) is 0 Å². The van der Waals surface area contributed by atoms with E-state index in [0.717, 1.165) is 41.3 Å². The summed E-state index contributed by atoms with van der Waals surface area (Å²) in [5.41, 5.74) is 1.37. The maximum Gasteiger partial charge on any atom is -0.00978 e. The van der Waals surface area contributed by atoms with Crippen LogP contribution in [0.25, 0.3) is 0 Å². The Labute approximate surface area is 162 Å². The smallest absolute Gasteiger partial charge is 0.00978 e. The molecule has 0 radical (unpaired) electrons. The van der Waals surface area contributed by atoms with Gasteiger partial charge in [-0.3, -0.25) is 0 Å². The lowest BCUT2D eigenvalue weighted by Gasteiger charge is -2.61. The fourth-order valence-electron chi connectivity index (χ4n) is 8.88. The summed E-state index contributed by atoms with van der Waals surface area (Å²) in [5, 5.41) is 0. The molecule has 0 bridgehead atoms. The Balaban J connectivity index is 1.53. The van der Waals surface area contributed by atoms with E-state index in [2.05, 4.69) is 33.4 Å². The Morgan fingerprint density at radius 2 is 1.68 bits per heavy atom. The Kier molecular flexibility index (Phi) is 5.28. The van der Waals surface area contributed by atoms with Crippen molar-refractivity contribution < 1.29 is 0 Å². The molecule has 4 aliphatic carbocycles. The predicted octanol–water partition coefficient (Wildman–Crippen LogP) is 7.38. The van der Waals surface area contributed by atoms with Crippen molar-refractivity contribution in [3.63, 3.8) is 0 Å². The van der Waals surface area contributed by atoms with Gasteiger partial charge < -0.3 is 0 Å². The second-order valence-corrected chi connectivity index (χ2v) is 11.4. The van der Waals surface area contributed by atoms with Gasteiger partial charge in [0, 0.05) is 0 Å². The summed E-state index contributed by atoms with van der Waals surface area (Å²) in [6.45, 7) is 8.00. The minimum Gasteiger partial charge on any atom is -0.179 e. The lowest BCUT2D eigenvalue weighted by Crippen LogP contribution is -2.53. The first kappa shape index (κ1) is 18.7. The minimum absolute atomic E-state index is 0.662. The highest BCUT2D eigenvalue weighted by atomic mass is 32.1. The van der Waals surface area contributed by atoms with Gasteiger partial charge in [-0.2, -0.15) is 12.6 Å². The zero-order chi connectivity index (χ0) is 17.7. The molecule has 0 aliphatic heterocycles. The highest BCUT2D eigenvalue weighted by Gasteiger charge is 2.59. The fourth-order valence-corrected chi connectivity index (χ4v) is 9.07. The van der Waals surface area contributed by atoms with Crippen molar-refractivity contribution >= 4 is 12.6 Å². The number of rotatable bonds is 4. The van der Waals surface area contributed by atoms with Gasteiger partial charge in [-0.05, 0) is 116 Å². The Morgan fingerprint density at radius 1 is 0.880 bits per heavy atom. The van der Waals surface area contributed by atoms with Crippen LogP contribution < -0.4 is 0 Å². The van der Waals surface area contributed by atoms with Gasteiger partial charge in [0.05, 0.1) is 0 Å². The Morgan fingerprint density at radius 3 is 2.48 bits per heavy atom. The maximum atomic E-state index is 4.47. The van der Waals surface area contributed by atoms with Gasteiger partial charge in [0.2, 0.25) is 0 Å². The fraction of sp³-hybridized carbons (Fsp3) is 1.00. The van der Waals surface area contributed by atoms with E-state index in [1.165, 1.54) is 38.5 Å². The molecule has 4 saturated carbocycles. The minimum atomic E-state index is 0.662. The summed E-state index contributed by atoms with van der Waals surface area (Å²) in [6.07, 6.45) is 18.1. The van der Waals surface area contributed by atoms with Gasteiger partial charge in [-0.25, -0.2) is 0 Å². The number of thiol groups is 1. The molecule has 25 heavy (non-hydrogen) atoms. The highest BCUT2D eigenvalue weighted by molar-refractivity contribution is 7.80. The summed E-state index contributed by atoms with van der Waals surface area (Å²) >= 11 is 4.47. The molecule has 0 nitrogen and oxygen atoms in total. The molecular weight excluding hydrogens is 320 g/mol. The second-order valence-electron chi connectivity index (χ2n) is 11.0. The van der Waals surface area contributed by atoms with Crippen molar-refractivity contribution in [1.82, 2.24) is 0 Å². The number of fused-ring (bicyclic) bond motifs is 5. The van der Waals surface area contributed by atoms with Crippen LogP contribution in [0.15, 0.2) is 0 Å². The van der Waals surface area contributed by atoms with Crippen molar-refractivity contribution in [2.24, 2.45) is 46.3 Å². The van der Waals surface area contributed by atoms with E-state index < -0.39 is 0 Å². The average Bonchev–Trinajstić information content (AvgIpc) is 2.96. The van der Waals surface area contributed by atoms with Crippen LogP contribution in [0, 0.1) is 46.3 Å². The molecule has 1 heteroatoms. The molecule has 4 fully saturated rings. The lowest BCUT2D eigenvalue weighted by atomic mass is 9.44. The first-order valence-corrected chi connectivity index (χ1v) is 12.2. The Hall–Kier alpha value is 0.350. The van der Waals surface area contributed by atoms with Gasteiger partial charge in [-0.15, -0.1) is 0 Å². The second kappa shape index (κ2) is 7.06. The first-order valence-electron chi connectivity index (χ1n) is 11.6. The molecule has 4 aliphatic rings. The number of hydrogen-bond acceptors (Lipinski definition) is 1. The third-order valence-corrected chi connectivity index (χ3v) is 10.5. The molecule has 0 saturated heterocycles. The maximum absolute atomic E-state index is 4.47. The SMILES string of the molecule is C[C@H](CCCS)[C@H]1CC[C@H]2[C@@H]3CCC4CCCC[C@]4(C)[C@H]3CC[C@]12C. The molecule has 8 atom stereocenters. The van der Waals surface area contributed by atoms with Crippen LogP contribution in [-0.4, -0.2) is 5.75 Å². The van der Waals surface area contributed by atoms with E-state index in [-0.39, 0.29) is 0 Å². The van der Waals surface area contributed by atoms with E-state index in [9.17, 15) is 0 Å². The molecule has 144 valence electrons. The predicted molar refractivity (Wildman–Crippen MR) is 112 cm³/mol. The molecule has 0 aromatic carbocycles. The van der Waals surface area contributed by atoms with Crippen molar-refractivity contribution in [3.8, 4) is 0 Å². The summed E-state index contributed by atoms with van der Waals surface area (Å²) in [6, 6.07) is 0. The van der Waals surface area contributed by atoms with Crippen LogP contribution in [0.2, 0.25) is 0 Å². The summed E-state index contributed by atoms with van der Waals surface area (Å²) in [7, 11) is 0. The van der Waals surface area contributed by atoms with Gasteiger partial charge in [0.25, 0.3) is 0 Å². The summed E-state index contributed by atoms with van der Waals surface area (Å²) in [4.78, 5) is 0. The van der Waals surface area contributed by atoms with Crippen LogP contribution in [0.5, 0.6) is 0 Å². The normalized spacial score (nSPS) is 50.6. The van der Waals surface area contributed by atoms with Gasteiger partial charge in [-0.1, -0.05) is 33.6 Å². The molecule has 4 rings (SSSR count). The highest BCUT2D eigenvalue weighted by Crippen LogP contribution is 2.68. The molecule has 1 unspecified atom stereocenters. The molecule has 0 aromatic heterocycles. The van der Waals surface area contributed by atoms with E-state index in [4.69, 9.17) is 0 Å². The molecule has 0 heterocycles. The van der Waals surface area contributed by atoms with Crippen LogP contribution >= 0.6 is 12.6 Å². The van der Waals surface area contributed by atoms with Gasteiger partial charge >= 0.3 is 0 Å². The zero-order valence-corrected chi connectivity index (χ0v) is 18.0. The third kappa shape index (κ3) is 2.94. The summed E-state index contributed by atoms with van der Waals surface area (Å²) in [5.74, 6) is 7.24. The Bertz CT molecular complexity index is 473. The van der Waals surface area contributed by atoms with Gasteiger partial charge in [0.1, 0.15) is 0 Å². The summed E-state index contributed by atoms with van der Waals surface area (Å²) < 4.78 is 0. The molecule has 0 amide bonds. The van der Waals surface area contributed by atoms with Crippen molar-refractivity contribution in [3.05, 3.63) is 0 Å². The molecule has 0 aromatic rings. The number of hydrogen-bond donors (Lipinski definition) is 1. The first-order chi connectivity index (χ1) is 12.0. The average molecular weight is 363 g/mol. The van der Waals surface area contributed by atoms with E-state index in [1.54, 1.807) is 38.5 Å². The molecule has 0 spiro atoms. The van der Waals surface area contributed by atoms with Gasteiger partial charge in [0.15, 0.2) is 0 Å². The van der Waals surface area contributed by atoms with Crippen molar-refractivity contribution in [1.29, 1.82) is 0 Å². The monoisotopic (exact) mass is 362 g/mol. The van der Waals surface area contributed by atoms with Crippen molar-refractivity contribution in [2.45, 2.75) is 97.8 Å². The third-order valence-electron chi connectivity index (χ3n) is 10.2. The molecular formula is C24H42S. The quantitative estimate of drug-likeness (QED) is 0.495. The zero-order valence-electron chi connectivity index (χ0n) is 17.1. The van der Waals surface area contributed by atoms with Crippen LogP contribution in [-0.2, 0) is 0 Å². The van der Waals surface area contributed by atoms with E-state index in [1.807, 2.05) is 0 Å². The lowest BCUT2D eigenvalue weighted by molar-refractivity contribution is -0.114.